The molecule has 1 rings (SSSR count). The van der Waals surface area contributed by atoms with Gasteiger partial charge in [-0.2, -0.15) is 11.8 Å². The zero-order chi connectivity index (χ0) is 11.3. The number of thioether (sulfide) groups is 1. The molecule has 82 valence electrons. The monoisotopic (exact) mass is 241 g/mol. The Labute approximate surface area is 100 Å². The molecule has 0 aliphatic carbocycles. The molecular weight excluding hydrogens is 226 g/mol. The fraction of sp³-hybridized carbons (Fsp3) is 0.400. The number of nitrogens with zero attached hydrogens (tertiary/aromatic N) is 2. The molecule has 0 aliphatic rings. The van der Waals surface area contributed by atoms with E-state index in [-0.39, 0.29) is 0 Å². The Bertz CT molecular complexity index is 324. The fourth-order valence-electron chi connectivity index (χ4n) is 1.11. The molecule has 3 nitrogen and oxygen atoms in total. The summed E-state index contributed by atoms with van der Waals surface area (Å²) in [4.78, 5) is 6.69. The zero-order valence-corrected chi connectivity index (χ0v) is 10.6. The Hall–Kier alpha value is -0.810. The van der Waals surface area contributed by atoms with E-state index in [1.807, 2.05) is 30.9 Å². The van der Waals surface area contributed by atoms with Gasteiger partial charge in [-0.15, -0.1) is 0 Å². The lowest BCUT2D eigenvalue weighted by Crippen LogP contribution is -2.20. The first-order valence-electron chi connectivity index (χ1n) is 4.61. The first-order valence-corrected chi connectivity index (χ1v) is 6.41. The van der Waals surface area contributed by atoms with Crippen LogP contribution in [-0.4, -0.2) is 35.6 Å². The minimum absolute atomic E-state index is 0.341. The first-order chi connectivity index (χ1) is 7.15. The van der Waals surface area contributed by atoms with Gasteiger partial charge < -0.3 is 10.6 Å². The molecule has 0 spiro atoms. The molecule has 0 aliphatic heterocycles. The standard InChI is InChI=1S/C10H15N3S2/c1-13(5-6-15-2)8-3-4-9(10(11)14)12-7-8/h3-4,7H,5-6H2,1-2H3,(H2,11,14). The van der Waals surface area contributed by atoms with E-state index in [2.05, 4.69) is 16.1 Å². The van der Waals surface area contributed by atoms with Crippen LogP contribution in [-0.2, 0) is 0 Å². The molecule has 1 aromatic heterocycles. The van der Waals surface area contributed by atoms with Gasteiger partial charge in [-0.1, -0.05) is 12.2 Å². The number of thiocarbonyl (C=S) groups is 1. The molecule has 0 unspecified atom stereocenters. The number of anilines is 1. The average Bonchev–Trinajstić information content (AvgIpc) is 2.26. The molecule has 0 radical (unpaired) electrons. The maximum atomic E-state index is 5.47. The Morgan fingerprint density at radius 2 is 2.33 bits per heavy atom. The second-order valence-corrected chi connectivity index (χ2v) is 4.61. The predicted molar refractivity (Wildman–Crippen MR) is 71.8 cm³/mol. The number of hydrogen-bond acceptors (Lipinski definition) is 4. The normalized spacial score (nSPS) is 10.0. The SMILES string of the molecule is CSCCN(C)c1ccc(C(N)=S)nc1. The number of rotatable bonds is 5. The van der Waals surface area contributed by atoms with E-state index in [0.717, 1.165) is 18.0 Å². The lowest BCUT2D eigenvalue weighted by Gasteiger charge is -2.18. The van der Waals surface area contributed by atoms with Crippen molar-refractivity contribution in [3.05, 3.63) is 24.0 Å². The van der Waals surface area contributed by atoms with Crippen LogP contribution in [0.25, 0.3) is 0 Å². The Morgan fingerprint density at radius 1 is 1.60 bits per heavy atom. The van der Waals surface area contributed by atoms with Crippen molar-refractivity contribution in [2.45, 2.75) is 0 Å². The summed E-state index contributed by atoms with van der Waals surface area (Å²) >= 11 is 6.67. The van der Waals surface area contributed by atoms with Gasteiger partial charge in [0.1, 0.15) is 4.99 Å². The highest BCUT2D eigenvalue weighted by Gasteiger charge is 2.02. The number of hydrogen-bond donors (Lipinski definition) is 1. The second kappa shape index (κ2) is 5.92. The molecule has 0 aromatic carbocycles. The molecule has 0 saturated carbocycles. The van der Waals surface area contributed by atoms with Crippen molar-refractivity contribution >= 4 is 34.7 Å². The van der Waals surface area contributed by atoms with E-state index in [1.54, 1.807) is 6.20 Å². The largest absolute Gasteiger partial charge is 0.388 e. The highest BCUT2D eigenvalue weighted by molar-refractivity contribution is 7.98. The maximum absolute atomic E-state index is 5.47. The predicted octanol–water partition coefficient (Wildman–Crippen LogP) is 1.52. The zero-order valence-electron chi connectivity index (χ0n) is 8.93. The molecule has 0 amide bonds. The van der Waals surface area contributed by atoms with E-state index in [4.69, 9.17) is 18.0 Å². The van der Waals surface area contributed by atoms with Crippen molar-refractivity contribution in [1.29, 1.82) is 0 Å². The summed E-state index contributed by atoms with van der Waals surface area (Å²) < 4.78 is 0. The van der Waals surface area contributed by atoms with Crippen LogP contribution in [0.3, 0.4) is 0 Å². The summed E-state index contributed by atoms with van der Waals surface area (Å²) in [6.07, 6.45) is 3.90. The van der Waals surface area contributed by atoms with Gasteiger partial charge in [0.15, 0.2) is 0 Å². The van der Waals surface area contributed by atoms with E-state index in [0.29, 0.717) is 10.7 Å². The average molecular weight is 241 g/mol. The van der Waals surface area contributed by atoms with Crippen LogP contribution in [0.4, 0.5) is 5.69 Å². The van der Waals surface area contributed by atoms with E-state index >= 15 is 0 Å². The van der Waals surface area contributed by atoms with Crippen LogP contribution in [0.2, 0.25) is 0 Å². The summed E-state index contributed by atoms with van der Waals surface area (Å²) in [5.74, 6) is 1.10. The van der Waals surface area contributed by atoms with E-state index < -0.39 is 0 Å². The quantitative estimate of drug-likeness (QED) is 0.792. The Balaban J connectivity index is 2.66. The summed E-state index contributed by atoms with van der Waals surface area (Å²) in [5.41, 5.74) is 7.23. The van der Waals surface area contributed by atoms with Crippen molar-refractivity contribution in [2.24, 2.45) is 5.73 Å². The third-order valence-corrected chi connectivity index (χ3v) is 2.87. The molecule has 1 heterocycles. The summed E-state index contributed by atoms with van der Waals surface area (Å²) in [6.45, 7) is 1.01. The van der Waals surface area contributed by atoms with Gasteiger partial charge in [0.25, 0.3) is 0 Å². The lowest BCUT2D eigenvalue weighted by molar-refractivity contribution is 0.970. The molecule has 15 heavy (non-hydrogen) atoms. The van der Waals surface area contributed by atoms with Crippen molar-refractivity contribution in [3.63, 3.8) is 0 Å². The molecule has 1 aromatic rings. The van der Waals surface area contributed by atoms with Gasteiger partial charge in [0.05, 0.1) is 17.6 Å². The van der Waals surface area contributed by atoms with Crippen LogP contribution >= 0.6 is 24.0 Å². The van der Waals surface area contributed by atoms with E-state index in [1.165, 1.54) is 0 Å². The van der Waals surface area contributed by atoms with Gasteiger partial charge in [-0.3, -0.25) is 4.98 Å². The fourth-order valence-corrected chi connectivity index (χ4v) is 1.69. The van der Waals surface area contributed by atoms with Crippen molar-refractivity contribution in [2.75, 3.05) is 30.5 Å². The highest BCUT2D eigenvalue weighted by atomic mass is 32.2. The van der Waals surface area contributed by atoms with Gasteiger partial charge in [0, 0.05) is 19.3 Å². The molecule has 0 saturated heterocycles. The minimum Gasteiger partial charge on any atom is -0.388 e. The number of nitrogens with two attached hydrogens (primary N) is 1. The second-order valence-electron chi connectivity index (χ2n) is 3.18. The highest BCUT2D eigenvalue weighted by Crippen LogP contribution is 2.11. The molecule has 0 fully saturated rings. The minimum atomic E-state index is 0.341. The summed E-state index contributed by atoms with van der Waals surface area (Å²) in [5, 5.41) is 0. The first kappa shape index (κ1) is 12.3. The van der Waals surface area contributed by atoms with Gasteiger partial charge in [-0.05, 0) is 18.4 Å². The Kier molecular flexibility index (Phi) is 4.84. The maximum Gasteiger partial charge on any atom is 0.122 e. The third-order valence-electron chi connectivity index (χ3n) is 2.07. The summed E-state index contributed by atoms with van der Waals surface area (Å²) in [6, 6.07) is 3.84. The smallest absolute Gasteiger partial charge is 0.122 e. The van der Waals surface area contributed by atoms with Crippen molar-refractivity contribution in [1.82, 2.24) is 4.98 Å². The van der Waals surface area contributed by atoms with Gasteiger partial charge in [-0.25, -0.2) is 0 Å². The number of pyridine rings is 1. The van der Waals surface area contributed by atoms with Gasteiger partial charge >= 0.3 is 0 Å². The van der Waals surface area contributed by atoms with Crippen LogP contribution in [0.5, 0.6) is 0 Å². The van der Waals surface area contributed by atoms with Gasteiger partial charge in [0.2, 0.25) is 0 Å². The third kappa shape index (κ3) is 3.68. The molecular formula is C10H15N3S2. The van der Waals surface area contributed by atoms with Crippen molar-refractivity contribution < 1.29 is 0 Å². The molecule has 0 atom stereocenters. The van der Waals surface area contributed by atoms with Crippen LogP contribution in [0.15, 0.2) is 18.3 Å². The topological polar surface area (TPSA) is 42.1 Å². The molecule has 0 bridgehead atoms. The number of aromatic nitrogens is 1. The van der Waals surface area contributed by atoms with Crippen LogP contribution < -0.4 is 10.6 Å². The molecule has 5 heteroatoms. The van der Waals surface area contributed by atoms with E-state index in [9.17, 15) is 0 Å². The Morgan fingerprint density at radius 3 is 2.80 bits per heavy atom. The summed E-state index contributed by atoms with van der Waals surface area (Å²) in [7, 11) is 2.05. The van der Waals surface area contributed by atoms with Crippen LogP contribution in [0, 0.1) is 0 Å². The van der Waals surface area contributed by atoms with Crippen LogP contribution in [0.1, 0.15) is 5.69 Å². The lowest BCUT2D eigenvalue weighted by atomic mass is 10.3. The van der Waals surface area contributed by atoms with Crippen molar-refractivity contribution in [3.8, 4) is 0 Å². The molecule has 2 N–H and O–H groups in total.